The first kappa shape index (κ1) is 17.1. The number of ketones is 1. The number of benzene rings is 1. The largest absolute Gasteiger partial charge is 0.348 e. The van der Waals surface area contributed by atoms with Gasteiger partial charge in [-0.1, -0.05) is 6.07 Å². The molecule has 2 rings (SSSR count). The van der Waals surface area contributed by atoms with Crippen LogP contribution in [0.3, 0.4) is 0 Å². The molecule has 0 spiro atoms. The van der Waals surface area contributed by atoms with Gasteiger partial charge in [0.2, 0.25) is 0 Å². The average molecular weight is 317 g/mol. The number of carbonyl (C=O) groups excluding carboxylic acids is 3. The van der Waals surface area contributed by atoms with Crippen molar-refractivity contribution in [1.82, 2.24) is 5.32 Å². The summed E-state index contributed by atoms with van der Waals surface area (Å²) in [6, 6.07) is 5.28. The zero-order chi connectivity index (χ0) is 17.0. The summed E-state index contributed by atoms with van der Waals surface area (Å²) in [5.41, 5.74) is 7.50. The molecular formula is C17H23N3O3. The second-order valence-corrected chi connectivity index (χ2v) is 6.18. The van der Waals surface area contributed by atoms with Crippen LogP contribution in [0.5, 0.6) is 0 Å². The van der Waals surface area contributed by atoms with Crippen LogP contribution in [0.4, 0.5) is 5.69 Å². The van der Waals surface area contributed by atoms with Gasteiger partial charge in [0.15, 0.2) is 5.78 Å². The second kappa shape index (κ2) is 7.37. The third-order valence-electron chi connectivity index (χ3n) is 4.19. The van der Waals surface area contributed by atoms with Gasteiger partial charge < -0.3 is 16.4 Å². The number of carbonyl (C=O) groups is 3. The molecule has 0 heterocycles. The fourth-order valence-corrected chi connectivity index (χ4v) is 2.76. The predicted octanol–water partition coefficient (Wildman–Crippen LogP) is 1.38. The molecule has 1 saturated carbocycles. The van der Waals surface area contributed by atoms with Crippen LogP contribution in [-0.4, -0.2) is 30.2 Å². The molecule has 1 aliphatic rings. The van der Waals surface area contributed by atoms with Gasteiger partial charge in [0.1, 0.15) is 0 Å². The standard InChI is InChI=1S/C17H23N3O3/c1-10-3-4-14(9-15(10)11(2)21)20-17(23)16(22)19-6-5-12-7-13(18)8-12/h3-4,9,12-13H,5-8,18H2,1-2H3,(H,19,22)(H,20,23). The third-order valence-corrected chi connectivity index (χ3v) is 4.19. The number of nitrogens with one attached hydrogen (secondary N) is 2. The number of aryl methyl sites for hydroxylation is 1. The smallest absolute Gasteiger partial charge is 0.313 e. The quantitative estimate of drug-likeness (QED) is 0.564. The van der Waals surface area contributed by atoms with Crippen LogP contribution in [-0.2, 0) is 9.59 Å². The minimum absolute atomic E-state index is 0.0817. The van der Waals surface area contributed by atoms with Crippen molar-refractivity contribution in [2.24, 2.45) is 11.7 Å². The van der Waals surface area contributed by atoms with Gasteiger partial charge in [0, 0.05) is 23.8 Å². The molecule has 0 bridgehead atoms. The Morgan fingerprint density at radius 1 is 1.22 bits per heavy atom. The zero-order valence-corrected chi connectivity index (χ0v) is 13.5. The van der Waals surface area contributed by atoms with Crippen molar-refractivity contribution in [1.29, 1.82) is 0 Å². The van der Waals surface area contributed by atoms with Crippen LogP contribution in [0.15, 0.2) is 18.2 Å². The van der Waals surface area contributed by atoms with Crippen LogP contribution >= 0.6 is 0 Å². The molecule has 6 heteroatoms. The van der Waals surface area contributed by atoms with Gasteiger partial charge in [0.05, 0.1) is 0 Å². The molecular weight excluding hydrogens is 294 g/mol. The van der Waals surface area contributed by atoms with Gasteiger partial charge in [-0.3, -0.25) is 14.4 Å². The highest BCUT2D eigenvalue weighted by molar-refractivity contribution is 6.39. The topological polar surface area (TPSA) is 101 Å². The summed E-state index contributed by atoms with van der Waals surface area (Å²) in [6.07, 6.45) is 2.81. The van der Waals surface area contributed by atoms with Gasteiger partial charge >= 0.3 is 11.8 Å². The van der Waals surface area contributed by atoms with Crippen LogP contribution in [0.25, 0.3) is 0 Å². The molecule has 0 atom stereocenters. The van der Waals surface area contributed by atoms with E-state index in [1.165, 1.54) is 6.92 Å². The Hall–Kier alpha value is -2.21. The number of rotatable bonds is 5. The predicted molar refractivity (Wildman–Crippen MR) is 88.1 cm³/mol. The van der Waals surface area contributed by atoms with E-state index in [4.69, 9.17) is 5.73 Å². The van der Waals surface area contributed by atoms with Crippen LogP contribution in [0.1, 0.15) is 42.1 Å². The first-order chi connectivity index (χ1) is 10.9. The Kier molecular flexibility index (Phi) is 5.50. The molecule has 23 heavy (non-hydrogen) atoms. The van der Waals surface area contributed by atoms with E-state index in [0.29, 0.717) is 23.7 Å². The molecule has 0 aromatic heterocycles. The molecule has 0 radical (unpaired) electrons. The average Bonchev–Trinajstić information content (AvgIpc) is 2.46. The Balaban J connectivity index is 1.82. The maximum Gasteiger partial charge on any atom is 0.313 e. The zero-order valence-electron chi connectivity index (χ0n) is 13.5. The molecule has 0 saturated heterocycles. The van der Waals surface area contributed by atoms with E-state index in [1.54, 1.807) is 18.2 Å². The number of hydrogen-bond acceptors (Lipinski definition) is 4. The maximum absolute atomic E-state index is 11.9. The molecule has 4 N–H and O–H groups in total. The summed E-state index contributed by atoms with van der Waals surface area (Å²) in [7, 11) is 0. The van der Waals surface area contributed by atoms with E-state index >= 15 is 0 Å². The highest BCUT2D eigenvalue weighted by Crippen LogP contribution is 2.27. The van der Waals surface area contributed by atoms with Crippen molar-refractivity contribution in [3.05, 3.63) is 29.3 Å². The van der Waals surface area contributed by atoms with Gasteiger partial charge in [-0.2, -0.15) is 0 Å². The summed E-state index contributed by atoms with van der Waals surface area (Å²) >= 11 is 0. The molecule has 0 unspecified atom stereocenters. The minimum atomic E-state index is -0.728. The number of anilines is 1. The molecule has 1 aliphatic carbocycles. The van der Waals surface area contributed by atoms with Crippen molar-refractivity contribution in [3.8, 4) is 0 Å². The van der Waals surface area contributed by atoms with Gasteiger partial charge in [0.25, 0.3) is 0 Å². The van der Waals surface area contributed by atoms with E-state index in [-0.39, 0.29) is 11.8 Å². The van der Waals surface area contributed by atoms with Gasteiger partial charge in [-0.05, 0) is 56.7 Å². The first-order valence-corrected chi connectivity index (χ1v) is 7.83. The van der Waals surface area contributed by atoms with Crippen molar-refractivity contribution in [2.45, 2.75) is 39.2 Å². The summed E-state index contributed by atoms with van der Waals surface area (Å²) in [5.74, 6) is -0.933. The molecule has 124 valence electrons. The summed E-state index contributed by atoms with van der Waals surface area (Å²) in [4.78, 5) is 35.1. The van der Waals surface area contributed by atoms with Gasteiger partial charge in [-0.15, -0.1) is 0 Å². The summed E-state index contributed by atoms with van der Waals surface area (Å²) in [5, 5.41) is 5.12. The third kappa shape index (κ3) is 4.63. The number of hydrogen-bond donors (Lipinski definition) is 3. The molecule has 0 aliphatic heterocycles. The lowest BCUT2D eigenvalue weighted by molar-refractivity contribution is -0.136. The maximum atomic E-state index is 11.9. The highest BCUT2D eigenvalue weighted by Gasteiger charge is 2.25. The van der Waals surface area contributed by atoms with Crippen molar-refractivity contribution in [3.63, 3.8) is 0 Å². The lowest BCUT2D eigenvalue weighted by Crippen LogP contribution is -2.40. The SMILES string of the molecule is CC(=O)c1cc(NC(=O)C(=O)NCCC2CC(N)C2)ccc1C. The molecule has 1 fully saturated rings. The van der Waals surface area contributed by atoms with Crippen molar-refractivity contribution < 1.29 is 14.4 Å². The lowest BCUT2D eigenvalue weighted by atomic mass is 9.79. The van der Waals surface area contributed by atoms with E-state index < -0.39 is 11.8 Å². The van der Waals surface area contributed by atoms with E-state index in [2.05, 4.69) is 10.6 Å². The van der Waals surface area contributed by atoms with E-state index in [1.807, 2.05) is 6.92 Å². The highest BCUT2D eigenvalue weighted by atomic mass is 16.2. The normalized spacial score (nSPS) is 19.6. The number of amides is 2. The Labute approximate surface area is 135 Å². The van der Waals surface area contributed by atoms with E-state index in [9.17, 15) is 14.4 Å². The molecule has 6 nitrogen and oxygen atoms in total. The van der Waals surface area contributed by atoms with E-state index in [0.717, 1.165) is 24.8 Å². The molecule has 1 aromatic rings. The fraction of sp³-hybridized carbons (Fsp3) is 0.471. The minimum Gasteiger partial charge on any atom is -0.348 e. The number of Topliss-reactive ketones (excluding diaryl/α,β-unsaturated/α-hetero) is 1. The lowest BCUT2D eigenvalue weighted by Gasteiger charge is -2.32. The number of nitrogens with two attached hydrogens (primary N) is 1. The fourth-order valence-electron chi connectivity index (χ4n) is 2.76. The summed E-state index contributed by atoms with van der Waals surface area (Å²) in [6.45, 7) is 3.75. The summed E-state index contributed by atoms with van der Waals surface area (Å²) < 4.78 is 0. The Morgan fingerprint density at radius 2 is 1.91 bits per heavy atom. The first-order valence-electron chi connectivity index (χ1n) is 7.83. The van der Waals surface area contributed by atoms with Crippen molar-refractivity contribution >= 4 is 23.3 Å². The van der Waals surface area contributed by atoms with Crippen LogP contribution in [0.2, 0.25) is 0 Å². The molecule has 1 aromatic carbocycles. The Bertz CT molecular complexity index is 622. The second-order valence-electron chi connectivity index (χ2n) is 6.18. The van der Waals surface area contributed by atoms with Crippen molar-refractivity contribution in [2.75, 3.05) is 11.9 Å². The van der Waals surface area contributed by atoms with Crippen LogP contribution in [0, 0.1) is 12.8 Å². The van der Waals surface area contributed by atoms with Crippen LogP contribution < -0.4 is 16.4 Å². The molecule has 2 amide bonds. The monoisotopic (exact) mass is 317 g/mol. The van der Waals surface area contributed by atoms with Gasteiger partial charge in [-0.25, -0.2) is 0 Å². The Morgan fingerprint density at radius 3 is 2.52 bits per heavy atom.